The van der Waals surface area contributed by atoms with Crippen LogP contribution in [0, 0.1) is 24.7 Å². The average molecular weight is 288 g/mol. The average Bonchev–Trinajstić information content (AvgIpc) is 2.41. The van der Waals surface area contributed by atoms with E-state index in [4.69, 9.17) is 5.73 Å². The number of hydrogen-bond donors (Lipinski definition) is 2. The Labute approximate surface area is 128 Å². The second kappa shape index (κ2) is 6.50. The van der Waals surface area contributed by atoms with E-state index in [9.17, 15) is 4.79 Å². The van der Waals surface area contributed by atoms with Crippen LogP contribution in [0.1, 0.15) is 56.0 Å². The predicted molar refractivity (Wildman–Crippen MR) is 88.2 cm³/mol. The lowest BCUT2D eigenvalue weighted by Crippen LogP contribution is -2.45. The monoisotopic (exact) mass is 288 g/mol. The molecule has 1 fully saturated rings. The number of nitrogen functional groups attached to an aromatic ring is 1. The van der Waals surface area contributed by atoms with E-state index in [1.54, 1.807) is 0 Å². The van der Waals surface area contributed by atoms with Gasteiger partial charge in [-0.3, -0.25) is 4.79 Å². The summed E-state index contributed by atoms with van der Waals surface area (Å²) in [6.07, 6.45) is 3.57. The van der Waals surface area contributed by atoms with E-state index in [0.29, 0.717) is 29.4 Å². The summed E-state index contributed by atoms with van der Waals surface area (Å²) in [6.45, 7) is 8.73. The molecule has 0 aliphatic heterocycles. The molecule has 1 aromatic rings. The fraction of sp³-hybridized carbons (Fsp3) is 0.611. The van der Waals surface area contributed by atoms with E-state index < -0.39 is 0 Å². The van der Waals surface area contributed by atoms with Gasteiger partial charge in [-0.2, -0.15) is 0 Å². The summed E-state index contributed by atoms with van der Waals surface area (Å²) in [6, 6.07) is 5.79. The van der Waals surface area contributed by atoms with Gasteiger partial charge in [0, 0.05) is 17.3 Å². The summed E-state index contributed by atoms with van der Waals surface area (Å²) in [5, 5.41) is 3.26. The van der Waals surface area contributed by atoms with Gasteiger partial charge < -0.3 is 11.1 Å². The normalized spacial score (nSPS) is 25.9. The number of carbonyl (C=O) groups is 1. The molecule has 1 amide bonds. The van der Waals surface area contributed by atoms with E-state index in [0.717, 1.165) is 17.7 Å². The smallest absolute Gasteiger partial charge is 0.251 e. The summed E-state index contributed by atoms with van der Waals surface area (Å²) in [5.74, 6) is 1.91. The number of anilines is 1. The molecule has 1 aromatic carbocycles. The number of hydrogen-bond acceptors (Lipinski definition) is 2. The first-order chi connectivity index (χ1) is 9.88. The molecule has 0 bridgehead atoms. The van der Waals surface area contributed by atoms with Crippen molar-refractivity contribution in [3.8, 4) is 0 Å². The lowest BCUT2D eigenvalue weighted by molar-refractivity contribution is 0.0868. The second-order valence-electron chi connectivity index (χ2n) is 6.98. The maximum atomic E-state index is 12.5. The van der Waals surface area contributed by atoms with Gasteiger partial charge >= 0.3 is 0 Å². The Morgan fingerprint density at radius 1 is 1.33 bits per heavy atom. The zero-order valence-electron chi connectivity index (χ0n) is 13.6. The van der Waals surface area contributed by atoms with Crippen molar-refractivity contribution in [1.82, 2.24) is 5.32 Å². The highest BCUT2D eigenvalue weighted by atomic mass is 16.1. The van der Waals surface area contributed by atoms with E-state index in [2.05, 4.69) is 26.1 Å². The minimum absolute atomic E-state index is 0.0304. The van der Waals surface area contributed by atoms with Crippen LogP contribution in [0.4, 0.5) is 5.69 Å². The minimum atomic E-state index is 0.0304. The minimum Gasteiger partial charge on any atom is -0.399 e. The zero-order chi connectivity index (χ0) is 15.6. The van der Waals surface area contributed by atoms with E-state index >= 15 is 0 Å². The SMILES string of the molecule is Cc1cc(C(=O)NC2CC(C)CCC2C(C)C)ccc1N. The number of benzene rings is 1. The van der Waals surface area contributed by atoms with Crippen molar-refractivity contribution in [1.29, 1.82) is 0 Å². The molecule has 0 radical (unpaired) electrons. The number of nitrogens with two attached hydrogens (primary N) is 1. The first-order valence-corrected chi connectivity index (χ1v) is 8.05. The quantitative estimate of drug-likeness (QED) is 0.832. The van der Waals surface area contributed by atoms with Gasteiger partial charge in [0.1, 0.15) is 0 Å². The van der Waals surface area contributed by atoms with Crippen LogP contribution in [0.2, 0.25) is 0 Å². The van der Waals surface area contributed by atoms with E-state index in [-0.39, 0.29) is 5.91 Å². The van der Waals surface area contributed by atoms with Crippen LogP contribution >= 0.6 is 0 Å². The van der Waals surface area contributed by atoms with Crippen LogP contribution in [0.5, 0.6) is 0 Å². The van der Waals surface area contributed by atoms with E-state index in [1.165, 1.54) is 12.8 Å². The van der Waals surface area contributed by atoms with Gasteiger partial charge in [0.2, 0.25) is 0 Å². The Kier molecular flexibility index (Phi) is 4.92. The van der Waals surface area contributed by atoms with Gasteiger partial charge in [-0.15, -0.1) is 0 Å². The highest BCUT2D eigenvalue weighted by Gasteiger charge is 2.31. The summed E-state index contributed by atoms with van der Waals surface area (Å²) in [7, 11) is 0. The first-order valence-electron chi connectivity index (χ1n) is 8.05. The molecule has 0 spiro atoms. The molecule has 0 heterocycles. The summed E-state index contributed by atoms with van der Waals surface area (Å²) < 4.78 is 0. The molecule has 3 unspecified atom stereocenters. The maximum absolute atomic E-state index is 12.5. The Morgan fingerprint density at radius 2 is 2.05 bits per heavy atom. The number of amides is 1. The summed E-state index contributed by atoms with van der Waals surface area (Å²) in [4.78, 5) is 12.5. The lowest BCUT2D eigenvalue weighted by atomic mass is 9.74. The Balaban J connectivity index is 2.10. The Bertz CT molecular complexity index is 510. The highest BCUT2D eigenvalue weighted by molar-refractivity contribution is 5.95. The summed E-state index contributed by atoms with van der Waals surface area (Å²) in [5.41, 5.74) is 8.22. The van der Waals surface area contributed by atoms with Crippen LogP contribution in [0.15, 0.2) is 18.2 Å². The number of nitrogens with one attached hydrogen (secondary N) is 1. The van der Waals surface area contributed by atoms with Crippen LogP contribution < -0.4 is 11.1 Å². The van der Waals surface area contributed by atoms with Crippen molar-refractivity contribution in [2.24, 2.45) is 17.8 Å². The van der Waals surface area contributed by atoms with Gasteiger partial charge in [-0.1, -0.05) is 27.2 Å². The van der Waals surface area contributed by atoms with Crippen molar-refractivity contribution in [3.63, 3.8) is 0 Å². The number of rotatable bonds is 3. The van der Waals surface area contributed by atoms with Gasteiger partial charge in [0.25, 0.3) is 5.91 Å². The molecule has 3 nitrogen and oxygen atoms in total. The molecule has 116 valence electrons. The molecule has 3 heteroatoms. The summed E-state index contributed by atoms with van der Waals surface area (Å²) >= 11 is 0. The highest BCUT2D eigenvalue weighted by Crippen LogP contribution is 2.33. The standard InChI is InChI=1S/C18H28N2O/c1-11(2)15-7-5-12(3)9-17(15)20-18(21)14-6-8-16(19)13(4)10-14/h6,8,10-12,15,17H,5,7,9,19H2,1-4H3,(H,20,21). The molecule has 0 saturated heterocycles. The Hall–Kier alpha value is -1.51. The molecule has 0 aromatic heterocycles. The van der Waals surface area contributed by atoms with Gasteiger partial charge in [0.15, 0.2) is 0 Å². The first kappa shape index (κ1) is 15.9. The molecule has 1 saturated carbocycles. The van der Waals surface area contributed by atoms with Crippen molar-refractivity contribution >= 4 is 11.6 Å². The fourth-order valence-corrected chi connectivity index (χ4v) is 3.44. The molecule has 21 heavy (non-hydrogen) atoms. The molecular formula is C18H28N2O. The zero-order valence-corrected chi connectivity index (χ0v) is 13.6. The second-order valence-corrected chi connectivity index (χ2v) is 6.98. The molecule has 1 aliphatic rings. The molecule has 3 N–H and O–H groups in total. The third-order valence-electron chi connectivity index (χ3n) is 4.87. The topological polar surface area (TPSA) is 55.1 Å². The van der Waals surface area contributed by atoms with Gasteiger partial charge in [-0.05, 0) is 61.3 Å². The van der Waals surface area contributed by atoms with Crippen molar-refractivity contribution in [3.05, 3.63) is 29.3 Å². The van der Waals surface area contributed by atoms with E-state index in [1.807, 2.05) is 25.1 Å². The third kappa shape index (κ3) is 3.78. The number of carbonyl (C=O) groups excluding carboxylic acids is 1. The molecule has 3 atom stereocenters. The molecule has 2 rings (SSSR count). The fourth-order valence-electron chi connectivity index (χ4n) is 3.44. The van der Waals surface area contributed by atoms with Crippen molar-refractivity contribution in [2.45, 2.75) is 53.0 Å². The van der Waals surface area contributed by atoms with Gasteiger partial charge in [0.05, 0.1) is 0 Å². The lowest BCUT2D eigenvalue weighted by Gasteiger charge is -2.37. The number of aryl methyl sites for hydroxylation is 1. The van der Waals surface area contributed by atoms with Crippen molar-refractivity contribution in [2.75, 3.05) is 5.73 Å². The van der Waals surface area contributed by atoms with Crippen LogP contribution in [0.3, 0.4) is 0 Å². The molecule has 1 aliphatic carbocycles. The van der Waals surface area contributed by atoms with Crippen LogP contribution in [-0.2, 0) is 0 Å². The van der Waals surface area contributed by atoms with Crippen LogP contribution in [-0.4, -0.2) is 11.9 Å². The Morgan fingerprint density at radius 3 is 2.67 bits per heavy atom. The third-order valence-corrected chi connectivity index (χ3v) is 4.87. The largest absolute Gasteiger partial charge is 0.399 e. The molecular weight excluding hydrogens is 260 g/mol. The predicted octanol–water partition coefficient (Wildman–Crippen LogP) is 3.77. The van der Waals surface area contributed by atoms with Crippen LogP contribution in [0.25, 0.3) is 0 Å². The van der Waals surface area contributed by atoms with Crippen molar-refractivity contribution < 1.29 is 4.79 Å². The van der Waals surface area contributed by atoms with Gasteiger partial charge in [-0.25, -0.2) is 0 Å². The maximum Gasteiger partial charge on any atom is 0.251 e.